The molecule has 0 amide bonds. The van der Waals surface area contributed by atoms with E-state index in [0.717, 1.165) is 5.69 Å². The standard InChI is InChI=1S/C13H18N4O2S/c1-10(2)13-12-4-3-5-16(12)6-7-17(13)20(18,19)11-8-14-15-9-11/h3-5,8-10,13H,6-7H2,1-2H3,(H,14,15). The molecule has 7 heteroatoms. The minimum absolute atomic E-state index is 0.140. The highest BCUT2D eigenvalue weighted by Gasteiger charge is 2.38. The zero-order valence-corrected chi connectivity index (χ0v) is 12.3. The van der Waals surface area contributed by atoms with Gasteiger partial charge < -0.3 is 4.57 Å². The van der Waals surface area contributed by atoms with Crippen LogP contribution < -0.4 is 0 Å². The van der Waals surface area contributed by atoms with Gasteiger partial charge in [0.05, 0.1) is 12.2 Å². The molecule has 0 saturated carbocycles. The molecular weight excluding hydrogens is 276 g/mol. The summed E-state index contributed by atoms with van der Waals surface area (Å²) in [7, 11) is -3.51. The number of nitrogens with one attached hydrogen (secondary N) is 1. The summed E-state index contributed by atoms with van der Waals surface area (Å²) in [5.41, 5.74) is 1.05. The zero-order chi connectivity index (χ0) is 14.3. The van der Waals surface area contributed by atoms with Crippen LogP contribution in [-0.4, -0.2) is 34.0 Å². The third-order valence-corrected chi connectivity index (χ3v) is 5.60. The second-order valence-corrected chi connectivity index (χ2v) is 7.26. The fourth-order valence-corrected chi connectivity index (χ4v) is 4.48. The molecule has 0 fully saturated rings. The number of fused-ring (bicyclic) bond motifs is 1. The molecule has 3 heterocycles. The van der Waals surface area contributed by atoms with E-state index in [4.69, 9.17) is 0 Å². The molecule has 0 radical (unpaired) electrons. The van der Waals surface area contributed by atoms with Gasteiger partial charge in [-0.15, -0.1) is 0 Å². The van der Waals surface area contributed by atoms with Crippen LogP contribution in [0.3, 0.4) is 0 Å². The lowest BCUT2D eigenvalue weighted by Gasteiger charge is -2.38. The maximum absolute atomic E-state index is 12.8. The third-order valence-electron chi connectivity index (χ3n) is 3.75. The smallest absolute Gasteiger partial charge is 0.246 e. The molecule has 1 aliphatic rings. The first-order valence-corrected chi connectivity index (χ1v) is 8.11. The van der Waals surface area contributed by atoms with Crippen LogP contribution in [0.1, 0.15) is 25.6 Å². The van der Waals surface area contributed by atoms with Crippen molar-refractivity contribution in [1.29, 1.82) is 0 Å². The quantitative estimate of drug-likeness (QED) is 0.935. The van der Waals surface area contributed by atoms with Gasteiger partial charge in [0.15, 0.2) is 0 Å². The normalized spacial score (nSPS) is 20.2. The Kier molecular flexibility index (Phi) is 3.18. The van der Waals surface area contributed by atoms with E-state index < -0.39 is 10.0 Å². The Hall–Kier alpha value is -1.60. The third kappa shape index (κ3) is 1.97. The summed E-state index contributed by atoms with van der Waals surface area (Å²) in [4.78, 5) is 0.225. The van der Waals surface area contributed by atoms with Crippen LogP contribution in [0.5, 0.6) is 0 Å². The van der Waals surface area contributed by atoms with Crippen molar-refractivity contribution in [3.8, 4) is 0 Å². The van der Waals surface area contributed by atoms with Crippen molar-refractivity contribution >= 4 is 10.0 Å². The van der Waals surface area contributed by atoms with Gasteiger partial charge in [0.2, 0.25) is 10.0 Å². The molecule has 20 heavy (non-hydrogen) atoms. The summed E-state index contributed by atoms with van der Waals surface area (Å²) in [6, 6.07) is 3.83. The van der Waals surface area contributed by atoms with Crippen LogP contribution in [-0.2, 0) is 16.6 Å². The molecule has 0 aromatic carbocycles. The van der Waals surface area contributed by atoms with Gasteiger partial charge in [-0.1, -0.05) is 13.8 Å². The van der Waals surface area contributed by atoms with Crippen LogP contribution in [0.15, 0.2) is 35.6 Å². The van der Waals surface area contributed by atoms with E-state index in [9.17, 15) is 8.42 Å². The molecule has 6 nitrogen and oxygen atoms in total. The summed E-state index contributed by atoms with van der Waals surface area (Å²) in [6.45, 7) is 5.26. The number of H-pyrrole nitrogens is 1. The van der Waals surface area contributed by atoms with Crippen molar-refractivity contribution in [3.63, 3.8) is 0 Å². The van der Waals surface area contributed by atoms with E-state index in [0.29, 0.717) is 13.1 Å². The van der Waals surface area contributed by atoms with Crippen molar-refractivity contribution < 1.29 is 8.42 Å². The van der Waals surface area contributed by atoms with Gasteiger partial charge in [0.1, 0.15) is 4.90 Å². The average Bonchev–Trinajstić information content (AvgIpc) is 3.08. The summed E-state index contributed by atoms with van der Waals surface area (Å²) in [6.07, 6.45) is 4.80. The van der Waals surface area contributed by atoms with Crippen LogP contribution in [0, 0.1) is 5.92 Å². The van der Waals surface area contributed by atoms with Crippen molar-refractivity contribution in [2.24, 2.45) is 5.92 Å². The van der Waals surface area contributed by atoms with Crippen LogP contribution >= 0.6 is 0 Å². The lowest BCUT2D eigenvalue weighted by atomic mass is 9.99. The van der Waals surface area contributed by atoms with Gasteiger partial charge in [-0.05, 0) is 18.1 Å². The second kappa shape index (κ2) is 4.75. The second-order valence-electron chi connectivity index (χ2n) is 5.37. The van der Waals surface area contributed by atoms with Crippen LogP contribution in [0.2, 0.25) is 0 Å². The number of nitrogens with zero attached hydrogens (tertiary/aromatic N) is 3. The minimum Gasteiger partial charge on any atom is -0.349 e. The summed E-state index contributed by atoms with van der Waals surface area (Å²) >= 11 is 0. The van der Waals surface area contributed by atoms with Gasteiger partial charge in [-0.25, -0.2) is 8.42 Å². The Morgan fingerprint density at radius 1 is 1.40 bits per heavy atom. The van der Waals surface area contributed by atoms with E-state index in [1.165, 1.54) is 12.4 Å². The van der Waals surface area contributed by atoms with Gasteiger partial charge >= 0.3 is 0 Å². The Morgan fingerprint density at radius 2 is 2.20 bits per heavy atom. The zero-order valence-electron chi connectivity index (χ0n) is 11.5. The van der Waals surface area contributed by atoms with E-state index in [-0.39, 0.29) is 16.9 Å². The van der Waals surface area contributed by atoms with E-state index >= 15 is 0 Å². The van der Waals surface area contributed by atoms with E-state index in [1.807, 2.05) is 32.2 Å². The van der Waals surface area contributed by atoms with E-state index in [1.54, 1.807) is 4.31 Å². The number of rotatable bonds is 3. The number of hydrogen-bond donors (Lipinski definition) is 1. The number of sulfonamides is 1. The van der Waals surface area contributed by atoms with Gasteiger partial charge in [-0.2, -0.15) is 9.40 Å². The van der Waals surface area contributed by atoms with Gasteiger partial charge in [-0.3, -0.25) is 5.10 Å². The van der Waals surface area contributed by atoms with Crippen LogP contribution in [0.25, 0.3) is 0 Å². The molecule has 1 unspecified atom stereocenters. The fourth-order valence-electron chi connectivity index (χ4n) is 2.85. The fraction of sp³-hybridized carbons (Fsp3) is 0.462. The first-order chi connectivity index (χ1) is 9.51. The summed E-state index contributed by atoms with van der Waals surface area (Å²) < 4.78 is 29.2. The molecule has 1 aliphatic heterocycles. The summed E-state index contributed by atoms with van der Waals surface area (Å²) in [5, 5.41) is 6.32. The molecule has 0 saturated heterocycles. The first-order valence-electron chi connectivity index (χ1n) is 6.67. The summed E-state index contributed by atoms with van der Waals surface area (Å²) in [5.74, 6) is 0.200. The van der Waals surface area contributed by atoms with Crippen molar-refractivity contribution in [2.45, 2.75) is 31.3 Å². The lowest BCUT2D eigenvalue weighted by Crippen LogP contribution is -2.43. The molecule has 2 aromatic heterocycles. The number of aromatic amines is 1. The Bertz CT molecular complexity index is 688. The lowest BCUT2D eigenvalue weighted by molar-refractivity contribution is 0.215. The average molecular weight is 294 g/mol. The Morgan fingerprint density at radius 3 is 2.85 bits per heavy atom. The highest BCUT2D eigenvalue weighted by Crippen LogP contribution is 2.36. The highest BCUT2D eigenvalue weighted by atomic mass is 32.2. The number of aromatic nitrogens is 3. The predicted molar refractivity (Wildman–Crippen MR) is 74.5 cm³/mol. The van der Waals surface area contributed by atoms with Gasteiger partial charge in [0, 0.05) is 31.2 Å². The Balaban J connectivity index is 2.06. The molecule has 108 valence electrons. The molecule has 3 rings (SSSR count). The van der Waals surface area contributed by atoms with Crippen molar-refractivity contribution in [3.05, 3.63) is 36.4 Å². The topological polar surface area (TPSA) is 71.0 Å². The molecule has 1 atom stereocenters. The number of hydrogen-bond acceptors (Lipinski definition) is 3. The van der Waals surface area contributed by atoms with E-state index in [2.05, 4.69) is 14.8 Å². The molecule has 2 aromatic rings. The highest BCUT2D eigenvalue weighted by molar-refractivity contribution is 7.89. The molecule has 0 spiro atoms. The monoisotopic (exact) mass is 294 g/mol. The maximum Gasteiger partial charge on any atom is 0.246 e. The van der Waals surface area contributed by atoms with Gasteiger partial charge in [0.25, 0.3) is 0 Å². The molecule has 0 aliphatic carbocycles. The molecular formula is C13H18N4O2S. The SMILES string of the molecule is CC(C)C1c2cccn2CCN1S(=O)(=O)c1cn[nH]c1. The maximum atomic E-state index is 12.8. The first kappa shape index (κ1) is 13.4. The minimum atomic E-state index is -3.51. The van der Waals surface area contributed by atoms with Crippen LogP contribution in [0.4, 0.5) is 0 Å². The van der Waals surface area contributed by atoms with Crippen molar-refractivity contribution in [1.82, 2.24) is 19.1 Å². The Labute approximate surface area is 118 Å². The molecule has 1 N–H and O–H groups in total. The van der Waals surface area contributed by atoms with Crippen molar-refractivity contribution in [2.75, 3.05) is 6.54 Å². The largest absolute Gasteiger partial charge is 0.349 e. The molecule has 0 bridgehead atoms. The predicted octanol–water partition coefficient (Wildman–Crippen LogP) is 1.61.